The van der Waals surface area contributed by atoms with Gasteiger partial charge in [0, 0.05) is 5.92 Å². The van der Waals surface area contributed by atoms with Crippen molar-refractivity contribution in [2.24, 2.45) is 17.6 Å². The molecule has 1 saturated carbocycles. The highest BCUT2D eigenvalue weighted by Gasteiger charge is 2.25. The molecule has 0 radical (unpaired) electrons. The van der Waals surface area contributed by atoms with Gasteiger partial charge in [-0.2, -0.15) is 0 Å². The molecule has 2 N–H and O–H groups in total. The van der Waals surface area contributed by atoms with Gasteiger partial charge in [0.1, 0.15) is 0 Å². The average molecular weight is 178 g/mol. The molecule has 1 fully saturated rings. The third-order valence-electron chi connectivity index (χ3n) is 2.48. The Morgan fingerprint density at radius 1 is 1.36 bits per heavy atom. The molecule has 2 nitrogen and oxygen atoms in total. The molecule has 0 aromatic heterocycles. The van der Waals surface area contributed by atoms with E-state index < -0.39 is 0 Å². The van der Waals surface area contributed by atoms with Crippen LogP contribution < -0.4 is 5.73 Å². The van der Waals surface area contributed by atoms with Gasteiger partial charge in [0.05, 0.1) is 0 Å². The topological polar surface area (TPSA) is 43.1 Å². The van der Waals surface area contributed by atoms with Crippen molar-refractivity contribution >= 4 is 18.3 Å². The van der Waals surface area contributed by atoms with E-state index in [-0.39, 0.29) is 24.2 Å². The van der Waals surface area contributed by atoms with Crippen molar-refractivity contribution in [3.05, 3.63) is 0 Å². The van der Waals surface area contributed by atoms with Crippen LogP contribution in [0.1, 0.15) is 32.6 Å². The Balaban J connectivity index is 0.000001000. The van der Waals surface area contributed by atoms with Crippen molar-refractivity contribution in [2.75, 3.05) is 0 Å². The Bertz CT molecular complexity index is 138. The van der Waals surface area contributed by atoms with Crippen LogP contribution in [-0.4, -0.2) is 5.91 Å². The first-order valence-corrected chi connectivity index (χ1v) is 4.01. The first kappa shape index (κ1) is 10.8. The van der Waals surface area contributed by atoms with Crippen molar-refractivity contribution in [3.8, 4) is 0 Å². The average Bonchev–Trinajstić information content (AvgIpc) is 1.88. The minimum absolute atomic E-state index is 0. The number of rotatable bonds is 1. The Kier molecular flexibility index (Phi) is 4.50. The van der Waals surface area contributed by atoms with Gasteiger partial charge in [-0.15, -0.1) is 12.4 Å². The van der Waals surface area contributed by atoms with Crippen LogP contribution >= 0.6 is 12.4 Å². The van der Waals surface area contributed by atoms with Crippen molar-refractivity contribution in [3.63, 3.8) is 0 Å². The fourth-order valence-corrected chi connectivity index (χ4v) is 1.74. The first-order chi connectivity index (χ1) is 4.72. The number of halogens is 1. The van der Waals surface area contributed by atoms with Gasteiger partial charge >= 0.3 is 0 Å². The zero-order valence-electron chi connectivity index (χ0n) is 6.88. The van der Waals surface area contributed by atoms with Gasteiger partial charge in [-0.05, 0) is 18.8 Å². The van der Waals surface area contributed by atoms with E-state index in [0.29, 0.717) is 5.92 Å². The second-order valence-corrected chi connectivity index (χ2v) is 3.27. The summed E-state index contributed by atoms with van der Waals surface area (Å²) in [5.41, 5.74) is 5.22. The molecule has 0 saturated heterocycles. The van der Waals surface area contributed by atoms with Crippen molar-refractivity contribution in [1.29, 1.82) is 0 Å². The Labute approximate surface area is 73.9 Å². The number of carbonyl (C=O) groups excluding carboxylic acids is 1. The van der Waals surface area contributed by atoms with E-state index in [1.54, 1.807) is 0 Å². The highest BCUT2D eigenvalue weighted by molar-refractivity contribution is 5.85. The predicted molar refractivity (Wildman–Crippen MR) is 47.6 cm³/mol. The zero-order chi connectivity index (χ0) is 7.56. The molecule has 0 bridgehead atoms. The molecular weight excluding hydrogens is 162 g/mol. The smallest absolute Gasteiger partial charge is 0.220 e. The normalized spacial score (nSPS) is 30.6. The summed E-state index contributed by atoms with van der Waals surface area (Å²) < 4.78 is 0. The van der Waals surface area contributed by atoms with Crippen LogP contribution in [0.15, 0.2) is 0 Å². The molecule has 1 amide bonds. The monoisotopic (exact) mass is 177 g/mol. The molecule has 0 aromatic rings. The van der Waals surface area contributed by atoms with Gasteiger partial charge in [-0.25, -0.2) is 0 Å². The molecule has 0 heterocycles. The summed E-state index contributed by atoms with van der Waals surface area (Å²) in [6.07, 6.45) is 4.63. The van der Waals surface area contributed by atoms with E-state index in [9.17, 15) is 4.79 Å². The van der Waals surface area contributed by atoms with Crippen LogP contribution in [0.4, 0.5) is 0 Å². The summed E-state index contributed by atoms with van der Waals surface area (Å²) >= 11 is 0. The SMILES string of the molecule is CC1CCCCC1C(N)=O.Cl. The highest BCUT2D eigenvalue weighted by Crippen LogP contribution is 2.28. The van der Waals surface area contributed by atoms with E-state index in [1.807, 2.05) is 0 Å². The van der Waals surface area contributed by atoms with Crippen LogP contribution in [0.5, 0.6) is 0 Å². The minimum Gasteiger partial charge on any atom is -0.369 e. The summed E-state index contributed by atoms with van der Waals surface area (Å²) in [5, 5.41) is 0. The van der Waals surface area contributed by atoms with Crippen LogP contribution in [0.3, 0.4) is 0 Å². The lowest BCUT2D eigenvalue weighted by atomic mass is 9.80. The molecule has 1 rings (SSSR count). The van der Waals surface area contributed by atoms with E-state index >= 15 is 0 Å². The minimum atomic E-state index is -0.104. The molecule has 0 aromatic carbocycles. The van der Waals surface area contributed by atoms with Gasteiger partial charge in [-0.3, -0.25) is 4.79 Å². The summed E-state index contributed by atoms with van der Waals surface area (Å²) in [6, 6.07) is 0. The van der Waals surface area contributed by atoms with Crippen LogP contribution in [0.25, 0.3) is 0 Å². The molecule has 66 valence electrons. The van der Waals surface area contributed by atoms with E-state index in [4.69, 9.17) is 5.73 Å². The lowest BCUT2D eigenvalue weighted by Gasteiger charge is -2.25. The second kappa shape index (κ2) is 4.60. The third kappa shape index (κ3) is 2.70. The Morgan fingerprint density at radius 2 is 1.91 bits per heavy atom. The van der Waals surface area contributed by atoms with Crippen molar-refractivity contribution in [2.45, 2.75) is 32.6 Å². The molecule has 3 heteroatoms. The summed E-state index contributed by atoms with van der Waals surface area (Å²) in [5.74, 6) is 0.576. The quantitative estimate of drug-likeness (QED) is 0.651. The fraction of sp³-hybridized carbons (Fsp3) is 0.875. The standard InChI is InChI=1S/C8H15NO.ClH/c1-6-4-2-3-5-7(6)8(9)10;/h6-7H,2-5H2,1H3,(H2,9,10);1H. The first-order valence-electron chi connectivity index (χ1n) is 4.01. The van der Waals surface area contributed by atoms with Crippen molar-refractivity contribution < 1.29 is 4.79 Å². The molecule has 2 unspecified atom stereocenters. The van der Waals surface area contributed by atoms with Crippen LogP contribution in [0.2, 0.25) is 0 Å². The Hall–Kier alpha value is -0.240. The molecular formula is C8H16ClNO. The lowest BCUT2D eigenvalue weighted by Crippen LogP contribution is -2.30. The lowest BCUT2D eigenvalue weighted by molar-refractivity contribution is -0.124. The number of primary amides is 1. The zero-order valence-corrected chi connectivity index (χ0v) is 7.69. The number of hydrogen-bond donors (Lipinski definition) is 1. The number of nitrogens with two attached hydrogens (primary N) is 1. The summed E-state index contributed by atoms with van der Waals surface area (Å²) in [6.45, 7) is 2.12. The van der Waals surface area contributed by atoms with Crippen LogP contribution in [-0.2, 0) is 4.79 Å². The summed E-state index contributed by atoms with van der Waals surface area (Å²) in [7, 11) is 0. The van der Waals surface area contributed by atoms with Gasteiger partial charge < -0.3 is 5.73 Å². The molecule has 0 aliphatic heterocycles. The van der Waals surface area contributed by atoms with Gasteiger partial charge in [0.2, 0.25) is 5.91 Å². The van der Waals surface area contributed by atoms with E-state index in [1.165, 1.54) is 19.3 Å². The fourth-order valence-electron chi connectivity index (χ4n) is 1.74. The molecule has 1 aliphatic rings. The van der Waals surface area contributed by atoms with Gasteiger partial charge in [0.25, 0.3) is 0 Å². The molecule has 2 atom stereocenters. The Morgan fingerprint density at radius 3 is 2.27 bits per heavy atom. The molecule has 1 aliphatic carbocycles. The largest absolute Gasteiger partial charge is 0.369 e. The molecule has 0 spiro atoms. The van der Waals surface area contributed by atoms with Gasteiger partial charge in [-0.1, -0.05) is 19.8 Å². The van der Waals surface area contributed by atoms with Crippen molar-refractivity contribution in [1.82, 2.24) is 0 Å². The van der Waals surface area contributed by atoms with Gasteiger partial charge in [0.15, 0.2) is 0 Å². The number of amides is 1. The van der Waals surface area contributed by atoms with E-state index in [2.05, 4.69) is 6.92 Å². The second-order valence-electron chi connectivity index (χ2n) is 3.27. The number of hydrogen-bond acceptors (Lipinski definition) is 1. The maximum absolute atomic E-state index is 10.8. The predicted octanol–water partition coefficient (Wildman–Crippen LogP) is 1.72. The third-order valence-corrected chi connectivity index (χ3v) is 2.48. The maximum Gasteiger partial charge on any atom is 0.220 e. The summed E-state index contributed by atoms with van der Waals surface area (Å²) in [4.78, 5) is 10.8. The maximum atomic E-state index is 10.8. The highest BCUT2D eigenvalue weighted by atomic mass is 35.5. The van der Waals surface area contributed by atoms with Crippen LogP contribution in [0, 0.1) is 11.8 Å². The van der Waals surface area contributed by atoms with E-state index in [0.717, 1.165) is 6.42 Å². The molecule has 11 heavy (non-hydrogen) atoms. The number of carbonyl (C=O) groups is 1.